The summed E-state index contributed by atoms with van der Waals surface area (Å²) in [6, 6.07) is 12.2. The van der Waals surface area contributed by atoms with Crippen molar-refractivity contribution in [1.82, 2.24) is 25.4 Å². The van der Waals surface area contributed by atoms with Crippen LogP contribution in [0, 0.1) is 30.6 Å². The Bertz CT molecular complexity index is 965. The highest BCUT2D eigenvalue weighted by Crippen LogP contribution is 2.62. The van der Waals surface area contributed by atoms with Gasteiger partial charge >= 0.3 is 0 Å². The van der Waals surface area contributed by atoms with Crippen LogP contribution >= 0.6 is 0 Å². The van der Waals surface area contributed by atoms with Crippen LogP contribution in [0.25, 0.3) is 5.69 Å². The maximum atomic E-state index is 5.36. The zero-order valence-corrected chi connectivity index (χ0v) is 16.0. The van der Waals surface area contributed by atoms with E-state index in [-0.39, 0.29) is 5.54 Å². The van der Waals surface area contributed by atoms with Gasteiger partial charge in [0.1, 0.15) is 11.3 Å². The Labute approximate surface area is 163 Å². The highest BCUT2D eigenvalue weighted by Gasteiger charge is 2.60. The molecule has 4 fully saturated rings. The fraction of sp³-hybridized carbons (Fsp3) is 0.524. The van der Waals surface area contributed by atoms with E-state index in [0.717, 1.165) is 34.9 Å². The molecule has 7 nitrogen and oxygen atoms in total. The molecule has 0 spiro atoms. The summed E-state index contributed by atoms with van der Waals surface area (Å²) in [6.07, 6.45) is 6.34. The van der Waals surface area contributed by atoms with E-state index in [1.807, 2.05) is 35.9 Å². The first-order chi connectivity index (χ1) is 13.7. The molecule has 1 aromatic carbocycles. The van der Waals surface area contributed by atoms with Gasteiger partial charge in [-0.25, -0.2) is 0 Å². The number of rotatable bonds is 4. The topological polar surface area (TPSA) is 81.7 Å². The number of hydrogen-bond acceptors (Lipinski definition) is 6. The molecule has 7 rings (SSSR count). The molecule has 4 aliphatic rings. The van der Waals surface area contributed by atoms with Gasteiger partial charge in [-0.15, -0.1) is 5.10 Å². The summed E-state index contributed by atoms with van der Waals surface area (Å²) in [5, 5.41) is 21.1. The van der Waals surface area contributed by atoms with Gasteiger partial charge in [-0.3, -0.25) is 0 Å². The third-order valence-electron chi connectivity index (χ3n) is 7.23. The molecule has 0 radical (unpaired) electrons. The Morgan fingerprint density at radius 1 is 1.04 bits per heavy atom. The molecule has 4 saturated carbocycles. The molecule has 2 aromatic heterocycles. The maximum Gasteiger partial charge on any atom is 0.182 e. The normalized spacial score (nSPS) is 33.3. The molecule has 7 heteroatoms. The van der Waals surface area contributed by atoms with E-state index < -0.39 is 0 Å². The van der Waals surface area contributed by atoms with Crippen LogP contribution in [0.1, 0.15) is 43.7 Å². The zero-order chi connectivity index (χ0) is 18.7. The third kappa shape index (κ3) is 2.28. The molecule has 1 N–H and O–H groups in total. The number of nitrogens with zero attached hydrogens (tertiary/aromatic N) is 5. The molecule has 2 heterocycles. The molecule has 4 aliphatic carbocycles. The number of aryl methyl sites for hydroxylation is 1. The van der Waals surface area contributed by atoms with Gasteiger partial charge in [-0.2, -0.15) is 4.68 Å². The summed E-state index contributed by atoms with van der Waals surface area (Å²) in [6.45, 7) is 1.93. The second kappa shape index (κ2) is 5.90. The van der Waals surface area contributed by atoms with Gasteiger partial charge in [0, 0.05) is 6.07 Å². The number of para-hydroxylation sites is 1. The predicted octanol–water partition coefficient (Wildman–Crippen LogP) is 3.72. The van der Waals surface area contributed by atoms with Crippen molar-refractivity contribution in [3.63, 3.8) is 0 Å². The SMILES string of the molecule is Cc1cc(NC2(c3nnnn3-c3ccccc3)C3CC4CC(C3)CC2C4)no1. The van der Waals surface area contributed by atoms with Crippen molar-refractivity contribution < 1.29 is 4.52 Å². The number of nitrogens with one attached hydrogen (secondary N) is 1. The summed E-state index contributed by atoms with van der Waals surface area (Å²) in [5.41, 5.74) is 0.685. The first kappa shape index (κ1) is 16.3. The van der Waals surface area contributed by atoms with Gasteiger partial charge in [0.05, 0.1) is 5.69 Å². The number of hydrogen-bond donors (Lipinski definition) is 1. The van der Waals surface area contributed by atoms with E-state index in [1.54, 1.807) is 0 Å². The van der Waals surface area contributed by atoms with Crippen LogP contribution in [0.3, 0.4) is 0 Å². The van der Waals surface area contributed by atoms with Crippen molar-refractivity contribution in [2.45, 2.75) is 44.6 Å². The van der Waals surface area contributed by atoms with Gasteiger partial charge in [-0.05, 0) is 85.3 Å². The minimum absolute atomic E-state index is 0.309. The summed E-state index contributed by atoms with van der Waals surface area (Å²) in [4.78, 5) is 0. The predicted molar refractivity (Wildman–Crippen MR) is 103 cm³/mol. The Balaban J connectivity index is 1.52. The molecular weight excluding hydrogens is 352 g/mol. The molecule has 0 unspecified atom stereocenters. The van der Waals surface area contributed by atoms with E-state index in [4.69, 9.17) is 4.52 Å². The quantitative estimate of drug-likeness (QED) is 0.747. The van der Waals surface area contributed by atoms with Crippen LogP contribution in [0.15, 0.2) is 40.9 Å². The maximum absolute atomic E-state index is 5.36. The van der Waals surface area contributed by atoms with E-state index in [1.165, 1.54) is 32.1 Å². The molecule has 0 amide bonds. The fourth-order valence-corrected chi connectivity index (χ4v) is 6.38. The summed E-state index contributed by atoms with van der Waals surface area (Å²) >= 11 is 0. The molecule has 28 heavy (non-hydrogen) atoms. The smallest absolute Gasteiger partial charge is 0.182 e. The second-order valence-corrected chi connectivity index (χ2v) is 8.87. The van der Waals surface area contributed by atoms with Gasteiger partial charge in [0.25, 0.3) is 0 Å². The van der Waals surface area contributed by atoms with E-state index in [9.17, 15) is 0 Å². The highest BCUT2D eigenvalue weighted by atomic mass is 16.5. The van der Waals surface area contributed by atoms with E-state index in [0.29, 0.717) is 11.8 Å². The lowest BCUT2D eigenvalue weighted by molar-refractivity contribution is -0.0525. The van der Waals surface area contributed by atoms with Crippen molar-refractivity contribution in [2.24, 2.45) is 23.7 Å². The van der Waals surface area contributed by atoms with Crippen LogP contribution in [0.2, 0.25) is 0 Å². The van der Waals surface area contributed by atoms with Crippen molar-refractivity contribution in [3.8, 4) is 5.69 Å². The van der Waals surface area contributed by atoms with Crippen LogP contribution in [0.4, 0.5) is 5.82 Å². The Kier molecular flexibility index (Phi) is 3.43. The molecule has 144 valence electrons. The lowest BCUT2D eigenvalue weighted by atomic mass is 9.48. The number of anilines is 1. The number of benzene rings is 1. The van der Waals surface area contributed by atoms with Crippen molar-refractivity contribution in [3.05, 3.63) is 48.0 Å². The highest BCUT2D eigenvalue weighted by molar-refractivity contribution is 5.43. The van der Waals surface area contributed by atoms with Gasteiger partial charge in [-0.1, -0.05) is 23.4 Å². The Hall–Kier alpha value is -2.70. The lowest BCUT2D eigenvalue weighted by Crippen LogP contribution is -2.60. The molecule has 0 aliphatic heterocycles. The molecule has 4 bridgehead atoms. The van der Waals surface area contributed by atoms with Crippen LogP contribution in [-0.4, -0.2) is 25.4 Å². The minimum atomic E-state index is -0.309. The monoisotopic (exact) mass is 376 g/mol. The first-order valence-electron chi connectivity index (χ1n) is 10.3. The molecule has 0 saturated heterocycles. The van der Waals surface area contributed by atoms with E-state index in [2.05, 4.69) is 38.1 Å². The second-order valence-electron chi connectivity index (χ2n) is 8.87. The van der Waals surface area contributed by atoms with E-state index >= 15 is 0 Å². The summed E-state index contributed by atoms with van der Waals surface area (Å²) in [5.74, 6) is 5.21. The Morgan fingerprint density at radius 3 is 2.39 bits per heavy atom. The van der Waals surface area contributed by atoms with Crippen LogP contribution < -0.4 is 5.32 Å². The average molecular weight is 376 g/mol. The zero-order valence-electron chi connectivity index (χ0n) is 16.0. The van der Waals surface area contributed by atoms with Gasteiger partial charge in [0.15, 0.2) is 11.6 Å². The summed E-state index contributed by atoms with van der Waals surface area (Å²) in [7, 11) is 0. The standard InChI is InChI=1S/C21H24N6O/c1-13-7-19(24-28-13)22-21(16-9-14-8-15(11-16)12-17(21)10-14)20-23-25-26-27(20)18-5-3-2-4-6-18/h2-7,14-17H,8-12H2,1H3,(H,22,24). The molecule has 3 aromatic rings. The fourth-order valence-electron chi connectivity index (χ4n) is 6.38. The lowest BCUT2D eigenvalue weighted by Gasteiger charge is -2.60. The van der Waals surface area contributed by atoms with Gasteiger partial charge < -0.3 is 9.84 Å². The largest absolute Gasteiger partial charge is 0.360 e. The third-order valence-corrected chi connectivity index (χ3v) is 7.23. The Morgan fingerprint density at radius 2 is 1.75 bits per heavy atom. The average Bonchev–Trinajstić information content (AvgIpc) is 3.34. The van der Waals surface area contributed by atoms with Crippen molar-refractivity contribution in [2.75, 3.05) is 5.32 Å². The number of aromatic nitrogens is 5. The summed E-state index contributed by atoms with van der Waals surface area (Å²) < 4.78 is 7.28. The molecular formula is C21H24N6O. The van der Waals surface area contributed by atoms with Crippen molar-refractivity contribution in [1.29, 1.82) is 0 Å². The molecule has 0 atom stereocenters. The first-order valence-corrected chi connectivity index (χ1v) is 10.3. The van der Waals surface area contributed by atoms with Crippen molar-refractivity contribution >= 4 is 5.82 Å². The van der Waals surface area contributed by atoms with Crippen LogP contribution in [-0.2, 0) is 5.54 Å². The van der Waals surface area contributed by atoms with Gasteiger partial charge in [0.2, 0.25) is 0 Å². The minimum Gasteiger partial charge on any atom is -0.360 e. The number of tetrazole rings is 1. The van der Waals surface area contributed by atoms with Crippen LogP contribution in [0.5, 0.6) is 0 Å².